The fourth-order valence-corrected chi connectivity index (χ4v) is 2.79. The van der Waals surface area contributed by atoms with E-state index < -0.39 is 0 Å². The first kappa shape index (κ1) is 18.1. The van der Waals surface area contributed by atoms with Gasteiger partial charge >= 0.3 is 0 Å². The van der Waals surface area contributed by atoms with Gasteiger partial charge in [-0.1, -0.05) is 30.0 Å². The van der Waals surface area contributed by atoms with Gasteiger partial charge in [0.05, 0.1) is 5.75 Å². The fraction of sp³-hybridized carbons (Fsp3) is 0.167. The van der Waals surface area contributed by atoms with Gasteiger partial charge in [-0.25, -0.2) is 8.78 Å². The van der Waals surface area contributed by atoms with Crippen molar-refractivity contribution in [2.45, 2.75) is 11.6 Å². The molecule has 2 aromatic carbocycles. The molecule has 0 aliphatic heterocycles. The van der Waals surface area contributed by atoms with Crippen LogP contribution in [0.5, 0.6) is 0 Å². The zero-order chi connectivity index (χ0) is 18.4. The van der Waals surface area contributed by atoms with Crippen LogP contribution in [0.1, 0.15) is 5.56 Å². The van der Waals surface area contributed by atoms with Gasteiger partial charge in [-0.2, -0.15) is 0 Å². The van der Waals surface area contributed by atoms with Crippen LogP contribution in [0.15, 0.2) is 58.2 Å². The molecule has 0 bridgehead atoms. The number of hydrogen-bond donors (Lipinski definition) is 1. The van der Waals surface area contributed by atoms with Crippen LogP contribution in [0.25, 0.3) is 11.5 Å². The Morgan fingerprint density at radius 3 is 2.62 bits per heavy atom. The highest BCUT2D eigenvalue weighted by atomic mass is 32.2. The molecule has 5 nitrogen and oxygen atoms in total. The molecule has 0 radical (unpaired) electrons. The van der Waals surface area contributed by atoms with Gasteiger partial charge in [0, 0.05) is 12.1 Å². The predicted octanol–water partition coefficient (Wildman–Crippen LogP) is 3.47. The van der Waals surface area contributed by atoms with E-state index in [0.29, 0.717) is 24.1 Å². The molecule has 0 atom stereocenters. The molecule has 134 valence electrons. The molecule has 1 heterocycles. The van der Waals surface area contributed by atoms with Crippen LogP contribution in [0.3, 0.4) is 0 Å². The third-order valence-electron chi connectivity index (χ3n) is 3.50. The standard InChI is InChI=1S/C18H15F2N3O2S/c19-14-7-5-13(6-8-14)17-22-23-18(25-17)26-11-16(24)21-10-9-12-3-1-2-4-15(12)20/h1-8H,9-11H2,(H,21,24). The molecule has 8 heteroatoms. The highest BCUT2D eigenvalue weighted by molar-refractivity contribution is 7.99. The van der Waals surface area contributed by atoms with Crippen molar-refractivity contribution in [2.75, 3.05) is 12.3 Å². The Bertz CT molecular complexity index is 884. The van der Waals surface area contributed by atoms with Crippen molar-refractivity contribution in [3.8, 4) is 11.5 Å². The van der Waals surface area contributed by atoms with Crippen LogP contribution < -0.4 is 5.32 Å². The summed E-state index contributed by atoms with van der Waals surface area (Å²) < 4.78 is 31.8. The smallest absolute Gasteiger partial charge is 0.277 e. The van der Waals surface area contributed by atoms with E-state index in [2.05, 4.69) is 15.5 Å². The lowest BCUT2D eigenvalue weighted by molar-refractivity contribution is -0.118. The van der Waals surface area contributed by atoms with E-state index in [1.807, 2.05) is 0 Å². The number of halogens is 2. The summed E-state index contributed by atoms with van der Waals surface area (Å²) in [6, 6.07) is 12.1. The average molecular weight is 375 g/mol. The number of carbonyl (C=O) groups is 1. The molecular formula is C18H15F2N3O2S. The minimum atomic E-state index is -0.352. The fourth-order valence-electron chi connectivity index (χ4n) is 2.19. The van der Waals surface area contributed by atoms with Gasteiger partial charge in [-0.3, -0.25) is 4.79 Å². The first-order valence-corrected chi connectivity index (χ1v) is 8.83. The first-order valence-electron chi connectivity index (χ1n) is 7.84. The van der Waals surface area contributed by atoms with E-state index in [1.54, 1.807) is 18.2 Å². The number of nitrogens with one attached hydrogen (secondary N) is 1. The summed E-state index contributed by atoms with van der Waals surface area (Å²) in [5.74, 6) is -0.493. The maximum atomic E-state index is 13.5. The Labute approximate surface area is 152 Å². The number of carbonyl (C=O) groups excluding carboxylic acids is 1. The Hall–Kier alpha value is -2.74. The summed E-state index contributed by atoms with van der Waals surface area (Å²) in [5, 5.41) is 10.7. The Balaban J connectivity index is 1.45. The van der Waals surface area contributed by atoms with Gasteiger partial charge in [0.1, 0.15) is 11.6 Å². The molecule has 0 aliphatic rings. The van der Waals surface area contributed by atoms with Crippen molar-refractivity contribution in [3.63, 3.8) is 0 Å². The SMILES string of the molecule is O=C(CSc1nnc(-c2ccc(F)cc2)o1)NCCc1ccccc1F. The predicted molar refractivity (Wildman–Crippen MR) is 93.5 cm³/mol. The molecule has 0 fully saturated rings. The van der Waals surface area contributed by atoms with Crippen molar-refractivity contribution in [1.29, 1.82) is 0 Å². The van der Waals surface area contributed by atoms with Crippen LogP contribution in [0.2, 0.25) is 0 Å². The number of thioether (sulfide) groups is 1. The molecule has 0 unspecified atom stereocenters. The number of aromatic nitrogens is 2. The van der Waals surface area contributed by atoms with Crippen LogP contribution in [0.4, 0.5) is 8.78 Å². The van der Waals surface area contributed by atoms with E-state index >= 15 is 0 Å². The molecule has 0 saturated heterocycles. The molecule has 1 aromatic heterocycles. The zero-order valence-electron chi connectivity index (χ0n) is 13.6. The van der Waals surface area contributed by atoms with Gasteiger partial charge in [0.25, 0.3) is 5.22 Å². The second-order valence-corrected chi connectivity index (χ2v) is 6.29. The van der Waals surface area contributed by atoms with Gasteiger partial charge in [-0.15, -0.1) is 10.2 Å². The van der Waals surface area contributed by atoms with E-state index in [4.69, 9.17) is 4.42 Å². The summed E-state index contributed by atoms with van der Waals surface area (Å²) in [6.07, 6.45) is 0.415. The second kappa shape index (κ2) is 8.57. The Morgan fingerprint density at radius 1 is 1.08 bits per heavy atom. The summed E-state index contributed by atoms with van der Waals surface area (Å²) in [5.41, 5.74) is 1.15. The van der Waals surface area contributed by atoms with E-state index in [1.165, 1.54) is 30.3 Å². The summed E-state index contributed by atoms with van der Waals surface area (Å²) in [4.78, 5) is 11.8. The minimum absolute atomic E-state index is 0.0995. The van der Waals surface area contributed by atoms with Crippen LogP contribution in [-0.2, 0) is 11.2 Å². The van der Waals surface area contributed by atoms with Gasteiger partial charge in [0.15, 0.2) is 0 Å². The Kier molecular flexibility index (Phi) is 5.96. The number of benzene rings is 2. The number of rotatable bonds is 7. The molecule has 26 heavy (non-hydrogen) atoms. The largest absolute Gasteiger partial charge is 0.411 e. The average Bonchev–Trinajstić information content (AvgIpc) is 3.11. The minimum Gasteiger partial charge on any atom is -0.411 e. The third-order valence-corrected chi connectivity index (χ3v) is 4.32. The summed E-state index contributed by atoms with van der Waals surface area (Å²) >= 11 is 1.10. The van der Waals surface area contributed by atoms with Crippen molar-refractivity contribution in [2.24, 2.45) is 0 Å². The monoisotopic (exact) mass is 375 g/mol. The summed E-state index contributed by atoms with van der Waals surface area (Å²) in [7, 11) is 0. The normalized spacial score (nSPS) is 10.7. The van der Waals surface area contributed by atoms with Gasteiger partial charge in [0.2, 0.25) is 11.8 Å². The van der Waals surface area contributed by atoms with Crippen LogP contribution >= 0.6 is 11.8 Å². The molecule has 0 saturated carbocycles. The van der Waals surface area contributed by atoms with E-state index in [9.17, 15) is 13.6 Å². The number of nitrogens with zero attached hydrogens (tertiary/aromatic N) is 2. The maximum Gasteiger partial charge on any atom is 0.277 e. The van der Waals surface area contributed by atoms with Crippen LogP contribution in [0, 0.1) is 11.6 Å². The first-order chi connectivity index (χ1) is 12.6. The highest BCUT2D eigenvalue weighted by Crippen LogP contribution is 2.23. The number of hydrogen-bond acceptors (Lipinski definition) is 5. The van der Waals surface area contributed by atoms with Crippen molar-refractivity contribution < 1.29 is 18.0 Å². The lowest BCUT2D eigenvalue weighted by Gasteiger charge is -2.05. The van der Waals surface area contributed by atoms with Gasteiger partial charge in [-0.05, 0) is 42.3 Å². The number of amides is 1. The molecular weight excluding hydrogens is 360 g/mol. The summed E-state index contributed by atoms with van der Waals surface area (Å²) in [6.45, 7) is 0.338. The second-order valence-electron chi connectivity index (χ2n) is 5.36. The van der Waals surface area contributed by atoms with E-state index in [0.717, 1.165) is 11.8 Å². The lowest BCUT2D eigenvalue weighted by atomic mass is 10.1. The third kappa shape index (κ3) is 4.89. The molecule has 0 spiro atoms. The lowest BCUT2D eigenvalue weighted by Crippen LogP contribution is -2.27. The topological polar surface area (TPSA) is 68.0 Å². The Morgan fingerprint density at radius 2 is 1.85 bits per heavy atom. The van der Waals surface area contributed by atoms with E-state index in [-0.39, 0.29) is 34.4 Å². The van der Waals surface area contributed by atoms with Crippen molar-refractivity contribution >= 4 is 17.7 Å². The van der Waals surface area contributed by atoms with Crippen LogP contribution in [-0.4, -0.2) is 28.4 Å². The highest BCUT2D eigenvalue weighted by Gasteiger charge is 2.11. The zero-order valence-corrected chi connectivity index (χ0v) is 14.4. The van der Waals surface area contributed by atoms with Crippen molar-refractivity contribution in [1.82, 2.24) is 15.5 Å². The quantitative estimate of drug-likeness (QED) is 0.641. The molecule has 1 N–H and O–H groups in total. The molecule has 3 rings (SSSR count). The molecule has 1 amide bonds. The maximum absolute atomic E-state index is 13.5. The molecule has 3 aromatic rings. The molecule has 0 aliphatic carbocycles. The van der Waals surface area contributed by atoms with Gasteiger partial charge < -0.3 is 9.73 Å². The van der Waals surface area contributed by atoms with Crippen molar-refractivity contribution in [3.05, 3.63) is 65.7 Å².